The quantitative estimate of drug-likeness (QED) is 0.514. The minimum Gasteiger partial charge on any atom is -0.384 e. The Balaban J connectivity index is 2.90. The maximum Gasteiger partial charge on any atom is 0.123 e. The first kappa shape index (κ1) is 14.9. The molecule has 0 aliphatic carbocycles. The van der Waals surface area contributed by atoms with Gasteiger partial charge >= 0.3 is 0 Å². The van der Waals surface area contributed by atoms with Gasteiger partial charge < -0.3 is 10.6 Å². The van der Waals surface area contributed by atoms with E-state index in [1.807, 2.05) is 12.1 Å². The average Bonchev–Trinajstić information content (AvgIpc) is 2.34. The maximum atomic E-state index is 5.73. The number of hydrogen-bond acceptors (Lipinski definition) is 5. The summed E-state index contributed by atoms with van der Waals surface area (Å²) >= 11 is 0. The van der Waals surface area contributed by atoms with Crippen LogP contribution in [0.4, 0.5) is 5.82 Å². The normalized spacial score (nSPS) is 16.6. The number of pyridine rings is 1. The number of anilines is 1. The van der Waals surface area contributed by atoms with Crippen molar-refractivity contribution in [2.75, 3.05) is 19.8 Å². The molecule has 0 aliphatic heterocycles. The maximum absolute atomic E-state index is 5.73. The summed E-state index contributed by atoms with van der Waals surface area (Å²) in [5.74, 6) is 6.28. The summed E-state index contributed by atoms with van der Waals surface area (Å²) in [6.07, 6.45) is 3.57. The van der Waals surface area contributed by atoms with E-state index in [4.69, 9.17) is 11.6 Å². The largest absolute Gasteiger partial charge is 0.384 e. The molecule has 5 nitrogen and oxygen atoms in total. The second kappa shape index (κ2) is 6.13. The molecule has 0 aromatic carbocycles. The lowest BCUT2D eigenvalue weighted by Crippen LogP contribution is -2.59. The van der Waals surface area contributed by atoms with Gasteiger partial charge in [-0.2, -0.15) is 0 Å². The van der Waals surface area contributed by atoms with E-state index >= 15 is 0 Å². The molecule has 0 saturated carbocycles. The number of hydrogen-bond donors (Lipinski definition) is 3. The highest BCUT2D eigenvalue weighted by atomic mass is 15.3. The van der Waals surface area contributed by atoms with E-state index in [0.29, 0.717) is 5.82 Å². The minimum atomic E-state index is -0.00716. The number of nitrogen functional groups attached to an aromatic ring is 1. The van der Waals surface area contributed by atoms with Crippen molar-refractivity contribution in [2.45, 2.75) is 38.3 Å². The second-order valence-electron chi connectivity index (χ2n) is 5.12. The second-order valence-corrected chi connectivity index (χ2v) is 5.12. The van der Waals surface area contributed by atoms with E-state index in [-0.39, 0.29) is 11.6 Å². The van der Waals surface area contributed by atoms with Crippen molar-refractivity contribution in [1.82, 2.24) is 15.3 Å². The van der Waals surface area contributed by atoms with Gasteiger partial charge in [-0.3, -0.25) is 11.3 Å². The fraction of sp³-hybridized carbons (Fsp3) is 0.615. The van der Waals surface area contributed by atoms with Crippen LogP contribution in [0.25, 0.3) is 0 Å². The van der Waals surface area contributed by atoms with Gasteiger partial charge in [-0.05, 0) is 51.6 Å². The molecule has 0 fully saturated rings. The molecule has 2 unspecified atom stereocenters. The van der Waals surface area contributed by atoms with Crippen LogP contribution in [0.2, 0.25) is 0 Å². The number of nitrogens with two attached hydrogens (primary N) is 2. The van der Waals surface area contributed by atoms with Crippen molar-refractivity contribution in [3.8, 4) is 0 Å². The fourth-order valence-corrected chi connectivity index (χ4v) is 2.19. The number of nitrogens with zero attached hydrogens (tertiary/aromatic N) is 2. The molecular weight excluding hydrogens is 226 g/mol. The summed E-state index contributed by atoms with van der Waals surface area (Å²) in [7, 11) is 4.16. The highest BCUT2D eigenvalue weighted by molar-refractivity contribution is 5.32. The Morgan fingerprint density at radius 1 is 1.50 bits per heavy atom. The zero-order chi connectivity index (χ0) is 13.8. The van der Waals surface area contributed by atoms with E-state index in [1.54, 1.807) is 6.20 Å². The predicted molar refractivity (Wildman–Crippen MR) is 75.8 cm³/mol. The zero-order valence-corrected chi connectivity index (χ0v) is 11.8. The summed E-state index contributed by atoms with van der Waals surface area (Å²) in [6, 6.07) is 4.03. The first-order chi connectivity index (χ1) is 8.43. The summed E-state index contributed by atoms with van der Waals surface area (Å²) in [5, 5.41) is 0. The first-order valence-corrected chi connectivity index (χ1v) is 6.28. The molecule has 1 aromatic heterocycles. The Hall–Kier alpha value is -1.17. The molecule has 0 bridgehead atoms. The molecule has 1 aromatic rings. The minimum absolute atomic E-state index is 0.00716. The number of hydrazine groups is 1. The van der Waals surface area contributed by atoms with Gasteiger partial charge in [0.2, 0.25) is 0 Å². The standard InChI is InChI=1S/C13H25N5/c1-5-13(2,18(3)4)11(17-15)8-10-6-7-16-12(14)9-10/h6-7,9,11,17H,5,8,15H2,1-4H3,(H2,14,16). The summed E-state index contributed by atoms with van der Waals surface area (Å²) in [4.78, 5) is 6.22. The highest BCUT2D eigenvalue weighted by Gasteiger charge is 2.34. The van der Waals surface area contributed by atoms with E-state index in [9.17, 15) is 0 Å². The number of aromatic nitrogens is 1. The SMILES string of the molecule is CCC(C)(C(Cc1ccnc(N)c1)NN)N(C)C. The van der Waals surface area contributed by atoms with Crippen LogP contribution >= 0.6 is 0 Å². The predicted octanol–water partition coefficient (Wildman–Crippen LogP) is 0.769. The lowest BCUT2D eigenvalue weighted by molar-refractivity contribution is 0.112. The molecule has 0 spiro atoms. The van der Waals surface area contributed by atoms with Gasteiger partial charge in [-0.25, -0.2) is 4.98 Å². The molecule has 5 N–H and O–H groups in total. The summed E-state index contributed by atoms with van der Waals surface area (Å²) in [5.41, 5.74) is 9.78. The Labute approximate surface area is 110 Å². The molecule has 102 valence electrons. The van der Waals surface area contributed by atoms with Crippen molar-refractivity contribution in [3.05, 3.63) is 23.9 Å². The van der Waals surface area contributed by atoms with Crippen LogP contribution in [0.15, 0.2) is 18.3 Å². The zero-order valence-electron chi connectivity index (χ0n) is 11.8. The summed E-state index contributed by atoms with van der Waals surface area (Å²) < 4.78 is 0. The number of nitrogens with one attached hydrogen (secondary N) is 1. The van der Waals surface area contributed by atoms with Gasteiger partial charge in [0, 0.05) is 17.8 Å². The molecule has 2 atom stereocenters. The third-order valence-corrected chi connectivity index (χ3v) is 3.97. The molecule has 0 saturated heterocycles. The van der Waals surface area contributed by atoms with E-state index in [1.165, 1.54) is 0 Å². The molecule has 18 heavy (non-hydrogen) atoms. The summed E-state index contributed by atoms with van der Waals surface area (Å²) in [6.45, 7) is 4.38. The van der Waals surface area contributed by atoms with Gasteiger partial charge in [-0.15, -0.1) is 0 Å². The van der Waals surface area contributed by atoms with Crippen LogP contribution in [0.1, 0.15) is 25.8 Å². The number of likely N-dealkylation sites (N-methyl/N-ethyl adjacent to an activating group) is 1. The molecule has 5 heteroatoms. The topological polar surface area (TPSA) is 80.2 Å². The average molecular weight is 251 g/mol. The Morgan fingerprint density at radius 2 is 2.17 bits per heavy atom. The third-order valence-electron chi connectivity index (χ3n) is 3.97. The smallest absolute Gasteiger partial charge is 0.123 e. The molecule has 0 aliphatic rings. The van der Waals surface area contributed by atoms with Gasteiger partial charge in [0.05, 0.1) is 0 Å². The van der Waals surface area contributed by atoms with Crippen LogP contribution in [-0.4, -0.2) is 35.6 Å². The molecule has 1 heterocycles. The van der Waals surface area contributed by atoms with Gasteiger partial charge in [-0.1, -0.05) is 6.92 Å². The Morgan fingerprint density at radius 3 is 2.61 bits per heavy atom. The van der Waals surface area contributed by atoms with Crippen molar-refractivity contribution in [1.29, 1.82) is 0 Å². The van der Waals surface area contributed by atoms with Gasteiger partial charge in [0.25, 0.3) is 0 Å². The lowest BCUT2D eigenvalue weighted by atomic mass is 9.84. The van der Waals surface area contributed by atoms with E-state index in [2.05, 4.69) is 43.3 Å². The van der Waals surface area contributed by atoms with Crippen LogP contribution in [0, 0.1) is 0 Å². The highest BCUT2D eigenvalue weighted by Crippen LogP contribution is 2.23. The molecular formula is C13H25N5. The first-order valence-electron chi connectivity index (χ1n) is 6.28. The Kier molecular flexibility index (Phi) is 5.07. The van der Waals surface area contributed by atoms with Crippen molar-refractivity contribution < 1.29 is 0 Å². The monoisotopic (exact) mass is 251 g/mol. The van der Waals surface area contributed by atoms with Gasteiger partial charge in [0.15, 0.2) is 0 Å². The van der Waals surface area contributed by atoms with Crippen LogP contribution in [0.5, 0.6) is 0 Å². The van der Waals surface area contributed by atoms with E-state index < -0.39 is 0 Å². The third kappa shape index (κ3) is 3.19. The fourth-order valence-electron chi connectivity index (χ4n) is 2.19. The molecule has 0 radical (unpaired) electrons. The van der Waals surface area contributed by atoms with Crippen molar-refractivity contribution >= 4 is 5.82 Å². The van der Waals surface area contributed by atoms with Crippen molar-refractivity contribution in [2.24, 2.45) is 5.84 Å². The molecule has 0 amide bonds. The van der Waals surface area contributed by atoms with Crippen LogP contribution < -0.4 is 17.0 Å². The lowest BCUT2D eigenvalue weighted by Gasteiger charge is -2.42. The molecule has 1 rings (SSSR count). The van der Waals surface area contributed by atoms with Crippen LogP contribution in [0.3, 0.4) is 0 Å². The van der Waals surface area contributed by atoms with Gasteiger partial charge in [0.1, 0.15) is 5.82 Å². The Bertz CT molecular complexity index is 379. The van der Waals surface area contributed by atoms with Crippen LogP contribution in [-0.2, 0) is 6.42 Å². The van der Waals surface area contributed by atoms with E-state index in [0.717, 1.165) is 18.4 Å². The number of rotatable bonds is 6. The van der Waals surface area contributed by atoms with Crippen molar-refractivity contribution in [3.63, 3.8) is 0 Å².